The molecule has 0 bridgehead atoms. The smallest absolute Gasteiger partial charge is 0.313 e. The molecule has 1 N–H and O–H groups in total. The van der Waals surface area contributed by atoms with Gasteiger partial charge in [-0.25, -0.2) is 0 Å². The third-order valence-corrected chi connectivity index (χ3v) is 3.50. The zero-order valence-electron chi connectivity index (χ0n) is 12.3. The molecule has 19 heavy (non-hydrogen) atoms. The van der Waals surface area contributed by atoms with Gasteiger partial charge in [-0.2, -0.15) is 0 Å². The summed E-state index contributed by atoms with van der Waals surface area (Å²) in [4.78, 5) is 11.3. The molecule has 0 fully saturated rings. The Morgan fingerprint density at radius 3 is 2.58 bits per heavy atom. The Hall–Kier alpha value is -1.51. The van der Waals surface area contributed by atoms with E-state index in [4.69, 9.17) is 4.74 Å². The highest BCUT2D eigenvalue weighted by Crippen LogP contribution is 2.31. The number of hydrogen-bond acceptors (Lipinski definition) is 2. The summed E-state index contributed by atoms with van der Waals surface area (Å²) in [6, 6.07) is 5.63. The van der Waals surface area contributed by atoms with E-state index >= 15 is 0 Å². The lowest BCUT2D eigenvalue weighted by Gasteiger charge is -2.23. The second kappa shape index (κ2) is 6.60. The summed E-state index contributed by atoms with van der Waals surface area (Å²) in [5.41, 5.74) is 0.840. The summed E-state index contributed by atoms with van der Waals surface area (Å²) in [6.07, 6.45) is 3.34. The summed E-state index contributed by atoms with van der Waals surface area (Å²) in [6.45, 7) is 8.21. The van der Waals surface area contributed by atoms with Gasteiger partial charge in [0.25, 0.3) is 0 Å². The maximum Gasteiger partial charge on any atom is 0.313 e. The summed E-state index contributed by atoms with van der Waals surface area (Å²) in [5.74, 6) is -0.0262. The third kappa shape index (κ3) is 3.72. The fraction of sp³-hybridized carbons (Fsp3) is 0.562. The van der Waals surface area contributed by atoms with E-state index in [2.05, 4.69) is 6.92 Å². The number of rotatable bonds is 7. The van der Waals surface area contributed by atoms with Crippen molar-refractivity contribution in [1.82, 2.24) is 0 Å². The normalized spacial score (nSPS) is 11.4. The summed E-state index contributed by atoms with van der Waals surface area (Å²) in [7, 11) is 0. The predicted octanol–water partition coefficient (Wildman–Crippen LogP) is 3.93. The molecule has 0 amide bonds. The van der Waals surface area contributed by atoms with Crippen LogP contribution in [0.3, 0.4) is 0 Å². The highest BCUT2D eigenvalue weighted by atomic mass is 16.5. The van der Waals surface area contributed by atoms with Crippen LogP contribution >= 0.6 is 0 Å². The van der Waals surface area contributed by atoms with Crippen LogP contribution in [0.4, 0.5) is 0 Å². The number of ether oxygens (including phenoxy) is 1. The Bertz CT molecular complexity index is 436. The SMILES string of the molecule is CCCCCOc1cccc(C(C)(C)C(=O)O)c1C. The summed E-state index contributed by atoms with van der Waals surface area (Å²) < 4.78 is 5.76. The lowest BCUT2D eigenvalue weighted by molar-refractivity contribution is -0.142. The van der Waals surface area contributed by atoms with Crippen molar-refractivity contribution >= 4 is 5.97 Å². The number of carbonyl (C=O) groups is 1. The van der Waals surface area contributed by atoms with Gasteiger partial charge in [-0.1, -0.05) is 31.9 Å². The Balaban J connectivity index is 2.89. The van der Waals surface area contributed by atoms with Crippen molar-refractivity contribution in [3.8, 4) is 5.75 Å². The summed E-state index contributed by atoms with van der Waals surface area (Å²) >= 11 is 0. The maximum absolute atomic E-state index is 11.3. The van der Waals surface area contributed by atoms with Crippen LogP contribution < -0.4 is 4.74 Å². The average molecular weight is 264 g/mol. The van der Waals surface area contributed by atoms with Gasteiger partial charge in [0.15, 0.2) is 0 Å². The maximum atomic E-state index is 11.3. The van der Waals surface area contributed by atoms with Crippen molar-refractivity contribution in [2.24, 2.45) is 0 Å². The Morgan fingerprint density at radius 2 is 2.00 bits per heavy atom. The van der Waals surface area contributed by atoms with E-state index in [0.29, 0.717) is 6.61 Å². The first-order valence-electron chi connectivity index (χ1n) is 6.87. The number of hydrogen-bond donors (Lipinski definition) is 1. The molecule has 106 valence electrons. The van der Waals surface area contributed by atoms with E-state index in [1.807, 2.05) is 25.1 Å². The van der Waals surface area contributed by atoms with Crippen molar-refractivity contribution in [3.05, 3.63) is 29.3 Å². The van der Waals surface area contributed by atoms with Gasteiger partial charge in [-0.05, 0) is 44.4 Å². The second-order valence-electron chi connectivity index (χ2n) is 5.41. The molecule has 0 saturated heterocycles. The van der Waals surface area contributed by atoms with Gasteiger partial charge < -0.3 is 9.84 Å². The van der Waals surface area contributed by atoms with Gasteiger partial charge in [-0.3, -0.25) is 4.79 Å². The van der Waals surface area contributed by atoms with Crippen molar-refractivity contribution in [2.75, 3.05) is 6.61 Å². The van der Waals surface area contributed by atoms with Crippen molar-refractivity contribution < 1.29 is 14.6 Å². The van der Waals surface area contributed by atoms with Crippen LogP contribution in [0, 0.1) is 6.92 Å². The Labute approximate surface area is 115 Å². The topological polar surface area (TPSA) is 46.5 Å². The minimum atomic E-state index is -0.896. The van der Waals surface area contributed by atoms with Crippen LogP contribution in [-0.2, 0) is 10.2 Å². The van der Waals surface area contributed by atoms with Crippen LogP contribution in [0.15, 0.2) is 18.2 Å². The van der Waals surface area contributed by atoms with Crippen LogP contribution in [-0.4, -0.2) is 17.7 Å². The first-order chi connectivity index (χ1) is 8.91. The van der Waals surface area contributed by atoms with Crippen LogP contribution in [0.5, 0.6) is 5.75 Å². The average Bonchev–Trinajstić information content (AvgIpc) is 2.36. The van der Waals surface area contributed by atoms with Gasteiger partial charge >= 0.3 is 5.97 Å². The molecule has 0 heterocycles. The molecule has 3 heteroatoms. The molecule has 1 rings (SSSR count). The standard InChI is InChI=1S/C16H24O3/c1-5-6-7-11-19-14-10-8-9-13(12(14)2)16(3,4)15(17)18/h8-10H,5-7,11H2,1-4H3,(H,17,18). The van der Waals surface area contributed by atoms with E-state index in [1.165, 1.54) is 0 Å². The molecule has 0 aromatic heterocycles. The quantitative estimate of drug-likeness (QED) is 0.759. The van der Waals surface area contributed by atoms with Crippen LogP contribution in [0.25, 0.3) is 0 Å². The molecular formula is C16H24O3. The van der Waals surface area contributed by atoms with Gasteiger partial charge in [0, 0.05) is 0 Å². The Morgan fingerprint density at radius 1 is 1.32 bits per heavy atom. The number of aliphatic carboxylic acids is 1. The second-order valence-corrected chi connectivity index (χ2v) is 5.41. The first kappa shape index (κ1) is 15.5. The van der Waals surface area contributed by atoms with E-state index in [-0.39, 0.29) is 0 Å². The van der Waals surface area contributed by atoms with E-state index in [1.54, 1.807) is 13.8 Å². The number of benzene rings is 1. The molecule has 0 aliphatic carbocycles. The molecule has 1 aromatic rings. The van der Waals surface area contributed by atoms with E-state index < -0.39 is 11.4 Å². The molecule has 0 saturated carbocycles. The van der Waals surface area contributed by atoms with Gasteiger partial charge in [-0.15, -0.1) is 0 Å². The molecule has 1 aromatic carbocycles. The molecular weight excluding hydrogens is 240 g/mol. The first-order valence-corrected chi connectivity index (χ1v) is 6.87. The van der Waals surface area contributed by atoms with Crippen LogP contribution in [0.2, 0.25) is 0 Å². The molecule has 0 spiro atoms. The number of carboxylic acids is 1. The zero-order chi connectivity index (χ0) is 14.5. The third-order valence-electron chi connectivity index (χ3n) is 3.50. The van der Waals surface area contributed by atoms with E-state index in [0.717, 1.165) is 36.1 Å². The highest BCUT2D eigenvalue weighted by molar-refractivity contribution is 5.81. The largest absolute Gasteiger partial charge is 0.493 e. The van der Waals surface area contributed by atoms with Crippen LogP contribution in [0.1, 0.15) is 51.2 Å². The number of carboxylic acid groups (broad SMARTS) is 1. The fourth-order valence-corrected chi connectivity index (χ4v) is 2.10. The van der Waals surface area contributed by atoms with Gasteiger partial charge in [0.2, 0.25) is 0 Å². The molecule has 0 atom stereocenters. The molecule has 0 aliphatic heterocycles. The van der Waals surface area contributed by atoms with Crippen molar-refractivity contribution in [3.63, 3.8) is 0 Å². The molecule has 3 nitrogen and oxygen atoms in total. The zero-order valence-corrected chi connectivity index (χ0v) is 12.3. The molecule has 0 unspecified atom stereocenters. The monoisotopic (exact) mass is 264 g/mol. The highest BCUT2D eigenvalue weighted by Gasteiger charge is 2.31. The number of unbranched alkanes of at least 4 members (excludes halogenated alkanes) is 2. The van der Waals surface area contributed by atoms with E-state index in [9.17, 15) is 9.90 Å². The van der Waals surface area contributed by atoms with Crippen molar-refractivity contribution in [1.29, 1.82) is 0 Å². The van der Waals surface area contributed by atoms with Crippen molar-refractivity contribution in [2.45, 2.75) is 52.4 Å². The lowest BCUT2D eigenvalue weighted by Crippen LogP contribution is -2.29. The molecule has 0 aliphatic rings. The van der Waals surface area contributed by atoms with Gasteiger partial charge in [0.05, 0.1) is 12.0 Å². The lowest BCUT2D eigenvalue weighted by atomic mass is 9.82. The minimum Gasteiger partial charge on any atom is -0.493 e. The minimum absolute atomic E-state index is 0.686. The van der Waals surface area contributed by atoms with Gasteiger partial charge in [0.1, 0.15) is 5.75 Å². The summed E-state index contributed by atoms with van der Waals surface area (Å²) in [5, 5.41) is 9.32. The Kier molecular flexibility index (Phi) is 5.40. The fourth-order valence-electron chi connectivity index (χ4n) is 2.10. The predicted molar refractivity (Wildman–Crippen MR) is 76.9 cm³/mol. The molecule has 0 radical (unpaired) electrons.